The van der Waals surface area contributed by atoms with Crippen molar-refractivity contribution in [2.75, 3.05) is 13.1 Å². The zero-order valence-corrected chi connectivity index (χ0v) is 11.9. The molecule has 0 aromatic heterocycles. The predicted octanol–water partition coefficient (Wildman–Crippen LogP) is 2.64. The van der Waals surface area contributed by atoms with Gasteiger partial charge in [-0.05, 0) is 44.8 Å². The largest absolute Gasteiger partial charge is 0.349 e. The fourth-order valence-electron chi connectivity index (χ4n) is 2.82. The molecule has 1 atom stereocenters. The molecule has 1 aromatic rings. The second-order valence-electron chi connectivity index (χ2n) is 5.49. The highest BCUT2D eigenvalue weighted by molar-refractivity contribution is 5.83. The van der Waals surface area contributed by atoms with Gasteiger partial charge in [0.25, 0.3) is 0 Å². The Hall–Kier alpha value is -1.35. The van der Waals surface area contributed by atoms with Gasteiger partial charge in [0.2, 0.25) is 5.91 Å². The molecule has 1 aliphatic rings. The van der Waals surface area contributed by atoms with Crippen molar-refractivity contribution in [3.05, 3.63) is 35.9 Å². The maximum absolute atomic E-state index is 12.6. The van der Waals surface area contributed by atoms with Gasteiger partial charge in [0.1, 0.15) is 0 Å². The Morgan fingerprint density at radius 3 is 2.53 bits per heavy atom. The summed E-state index contributed by atoms with van der Waals surface area (Å²) in [6, 6.07) is 10.2. The number of amides is 1. The zero-order valence-electron chi connectivity index (χ0n) is 11.9. The van der Waals surface area contributed by atoms with Crippen molar-refractivity contribution < 1.29 is 4.79 Å². The lowest BCUT2D eigenvalue weighted by molar-refractivity contribution is -0.133. The quantitative estimate of drug-likeness (QED) is 0.874. The van der Waals surface area contributed by atoms with Crippen molar-refractivity contribution in [2.24, 2.45) is 5.41 Å². The molecule has 3 heteroatoms. The van der Waals surface area contributed by atoms with Crippen LogP contribution in [0.3, 0.4) is 0 Å². The third kappa shape index (κ3) is 3.16. The number of rotatable bonds is 4. The van der Waals surface area contributed by atoms with Gasteiger partial charge >= 0.3 is 0 Å². The van der Waals surface area contributed by atoms with E-state index in [1.165, 1.54) is 0 Å². The molecule has 0 bridgehead atoms. The molecule has 0 spiro atoms. The van der Waals surface area contributed by atoms with Crippen LogP contribution in [0, 0.1) is 5.41 Å². The molecule has 1 saturated heterocycles. The summed E-state index contributed by atoms with van der Waals surface area (Å²) in [5.74, 6) is 0.216. The van der Waals surface area contributed by atoms with Gasteiger partial charge in [-0.2, -0.15) is 0 Å². The second-order valence-corrected chi connectivity index (χ2v) is 5.49. The summed E-state index contributed by atoms with van der Waals surface area (Å²) in [6.45, 7) is 6.07. The molecule has 0 saturated carbocycles. The number of carbonyl (C=O) groups is 1. The Morgan fingerprint density at radius 2 is 1.95 bits per heavy atom. The number of hydrogen-bond acceptors (Lipinski definition) is 2. The molecule has 19 heavy (non-hydrogen) atoms. The van der Waals surface area contributed by atoms with Crippen LogP contribution in [0.15, 0.2) is 30.3 Å². The van der Waals surface area contributed by atoms with Gasteiger partial charge < -0.3 is 10.6 Å². The van der Waals surface area contributed by atoms with E-state index in [1.54, 1.807) is 0 Å². The van der Waals surface area contributed by atoms with Crippen molar-refractivity contribution in [3.8, 4) is 0 Å². The molecular weight excluding hydrogens is 236 g/mol. The average Bonchev–Trinajstić information content (AvgIpc) is 2.48. The first kappa shape index (κ1) is 14.1. The van der Waals surface area contributed by atoms with Gasteiger partial charge in [0.15, 0.2) is 0 Å². The van der Waals surface area contributed by atoms with Crippen molar-refractivity contribution in [2.45, 2.75) is 39.2 Å². The van der Waals surface area contributed by atoms with Crippen LogP contribution in [0.25, 0.3) is 0 Å². The second kappa shape index (κ2) is 6.20. The van der Waals surface area contributed by atoms with E-state index in [0.29, 0.717) is 0 Å². The molecule has 1 unspecified atom stereocenters. The van der Waals surface area contributed by atoms with Crippen LogP contribution in [0.2, 0.25) is 0 Å². The number of hydrogen-bond donors (Lipinski definition) is 2. The zero-order chi connectivity index (χ0) is 13.7. The molecule has 0 radical (unpaired) electrons. The standard InChI is InChI=1S/C16H24N2O/c1-3-16(9-11-17-12-10-16)15(19)18-13(2)14-7-5-4-6-8-14/h4-8,13,17H,3,9-12H2,1-2H3,(H,18,19). The predicted molar refractivity (Wildman–Crippen MR) is 77.8 cm³/mol. The summed E-state index contributed by atoms with van der Waals surface area (Å²) >= 11 is 0. The van der Waals surface area contributed by atoms with E-state index < -0.39 is 0 Å². The fraction of sp³-hybridized carbons (Fsp3) is 0.562. The first-order valence-electron chi connectivity index (χ1n) is 7.24. The lowest BCUT2D eigenvalue weighted by Gasteiger charge is -2.36. The van der Waals surface area contributed by atoms with E-state index in [-0.39, 0.29) is 17.4 Å². The Labute approximate surface area is 115 Å². The number of benzene rings is 1. The van der Waals surface area contributed by atoms with Crippen molar-refractivity contribution in [3.63, 3.8) is 0 Å². The van der Waals surface area contributed by atoms with E-state index in [4.69, 9.17) is 0 Å². The molecule has 1 fully saturated rings. The highest BCUT2D eigenvalue weighted by Gasteiger charge is 2.38. The maximum Gasteiger partial charge on any atom is 0.226 e. The van der Waals surface area contributed by atoms with Gasteiger partial charge in [-0.3, -0.25) is 4.79 Å². The summed E-state index contributed by atoms with van der Waals surface area (Å²) in [5, 5.41) is 6.52. The molecule has 1 aromatic carbocycles. The third-order valence-electron chi connectivity index (χ3n) is 4.37. The van der Waals surface area contributed by atoms with Crippen LogP contribution in [-0.4, -0.2) is 19.0 Å². The smallest absolute Gasteiger partial charge is 0.226 e. The summed E-state index contributed by atoms with van der Waals surface area (Å²) in [7, 11) is 0. The van der Waals surface area contributed by atoms with Gasteiger partial charge in [0, 0.05) is 0 Å². The Kier molecular flexibility index (Phi) is 4.59. The lowest BCUT2D eigenvalue weighted by atomic mass is 9.75. The average molecular weight is 260 g/mol. The number of carbonyl (C=O) groups excluding carboxylic acids is 1. The Morgan fingerprint density at radius 1 is 1.32 bits per heavy atom. The molecule has 1 heterocycles. The van der Waals surface area contributed by atoms with Crippen molar-refractivity contribution in [1.29, 1.82) is 0 Å². The molecule has 2 N–H and O–H groups in total. The summed E-state index contributed by atoms with van der Waals surface area (Å²) in [6.07, 6.45) is 2.80. The SMILES string of the molecule is CCC1(C(=O)NC(C)c2ccccc2)CCNCC1. The monoisotopic (exact) mass is 260 g/mol. The molecular formula is C16H24N2O. The minimum absolute atomic E-state index is 0.0759. The molecule has 0 aliphatic carbocycles. The Bertz CT molecular complexity index is 410. The van der Waals surface area contributed by atoms with Crippen LogP contribution >= 0.6 is 0 Å². The summed E-state index contributed by atoms with van der Waals surface area (Å²) in [4.78, 5) is 12.6. The van der Waals surface area contributed by atoms with Crippen LogP contribution in [0.5, 0.6) is 0 Å². The van der Waals surface area contributed by atoms with E-state index in [0.717, 1.165) is 37.9 Å². The van der Waals surface area contributed by atoms with E-state index in [1.807, 2.05) is 18.2 Å². The minimum atomic E-state index is -0.172. The first-order valence-corrected chi connectivity index (χ1v) is 7.24. The minimum Gasteiger partial charge on any atom is -0.349 e. The number of piperidine rings is 1. The molecule has 1 aliphatic heterocycles. The highest BCUT2D eigenvalue weighted by Crippen LogP contribution is 2.33. The van der Waals surface area contributed by atoms with Crippen molar-refractivity contribution >= 4 is 5.91 Å². The highest BCUT2D eigenvalue weighted by atomic mass is 16.2. The summed E-state index contributed by atoms with van der Waals surface area (Å²) in [5.41, 5.74) is 0.991. The third-order valence-corrected chi connectivity index (χ3v) is 4.37. The maximum atomic E-state index is 12.6. The molecule has 104 valence electrons. The van der Waals surface area contributed by atoms with E-state index in [2.05, 4.69) is 36.6 Å². The normalized spacial score (nSPS) is 19.7. The first-order chi connectivity index (χ1) is 9.18. The van der Waals surface area contributed by atoms with Gasteiger partial charge in [-0.15, -0.1) is 0 Å². The van der Waals surface area contributed by atoms with Crippen LogP contribution in [0.1, 0.15) is 44.7 Å². The lowest BCUT2D eigenvalue weighted by Crippen LogP contribution is -2.47. The molecule has 2 rings (SSSR count). The van der Waals surface area contributed by atoms with Crippen LogP contribution in [-0.2, 0) is 4.79 Å². The fourth-order valence-corrected chi connectivity index (χ4v) is 2.82. The van der Waals surface area contributed by atoms with Gasteiger partial charge in [-0.1, -0.05) is 37.3 Å². The van der Waals surface area contributed by atoms with Gasteiger partial charge in [0.05, 0.1) is 11.5 Å². The number of nitrogens with one attached hydrogen (secondary N) is 2. The van der Waals surface area contributed by atoms with Crippen molar-refractivity contribution in [1.82, 2.24) is 10.6 Å². The Balaban J connectivity index is 2.03. The van der Waals surface area contributed by atoms with Crippen LogP contribution < -0.4 is 10.6 Å². The molecule has 1 amide bonds. The van der Waals surface area contributed by atoms with E-state index >= 15 is 0 Å². The summed E-state index contributed by atoms with van der Waals surface area (Å²) < 4.78 is 0. The van der Waals surface area contributed by atoms with Gasteiger partial charge in [-0.25, -0.2) is 0 Å². The molecule has 3 nitrogen and oxygen atoms in total. The van der Waals surface area contributed by atoms with E-state index in [9.17, 15) is 4.79 Å². The van der Waals surface area contributed by atoms with Crippen LogP contribution in [0.4, 0.5) is 0 Å². The topological polar surface area (TPSA) is 41.1 Å².